The number of aliphatic hydroxyl groups excluding tert-OH is 8. The SMILES string of the molecule is CC(O)CCCCCCCCCCCCCCC(=O)NCCc1c[nH]c2ccc(O[C@@H]3O[C@H](CO[C@@H]4O[C@H](CO)[C@@H](O)[C@H](O)[C@H]4O)[C@@H](O)[C@H](O)[C@H]3O)cc12. The van der Waals surface area contributed by atoms with Crippen LogP contribution in [0.15, 0.2) is 24.4 Å². The van der Waals surface area contributed by atoms with Crippen molar-refractivity contribution in [3.8, 4) is 5.75 Å². The number of H-pyrrole nitrogens is 1. The molecule has 15 nitrogen and oxygen atoms in total. The molecule has 2 aliphatic heterocycles. The molecule has 2 aliphatic rings. The van der Waals surface area contributed by atoms with Gasteiger partial charge in [0.05, 0.1) is 19.3 Å². The van der Waals surface area contributed by atoms with E-state index in [4.69, 9.17) is 18.9 Å². The van der Waals surface area contributed by atoms with Crippen molar-refractivity contribution in [3.63, 3.8) is 0 Å². The normalized spacial score (nSPS) is 29.4. The van der Waals surface area contributed by atoms with E-state index in [1.54, 1.807) is 18.2 Å². The van der Waals surface area contributed by atoms with E-state index in [0.717, 1.165) is 48.6 Å². The maximum Gasteiger partial charge on any atom is 0.229 e. The summed E-state index contributed by atoms with van der Waals surface area (Å²) in [5.74, 6) is 0.343. The summed E-state index contributed by atoms with van der Waals surface area (Å²) in [6, 6.07) is 5.19. The molecule has 4 rings (SSSR count). The summed E-state index contributed by atoms with van der Waals surface area (Å²) in [7, 11) is 0. The van der Waals surface area contributed by atoms with Crippen LogP contribution in [0.1, 0.15) is 102 Å². The van der Waals surface area contributed by atoms with Crippen molar-refractivity contribution in [2.45, 2.75) is 171 Å². The van der Waals surface area contributed by atoms with Crippen LogP contribution in [-0.4, -0.2) is 139 Å². The second-order valence-corrected chi connectivity index (χ2v) is 14.9. The van der Waals surface area contributed by atoms with Gasteiger partial charge in [0.25, 0.3) is 0 Å². The second kappa shape index (κ2) is 23.0. The number of hydrogen-bond donors (Lipinski definition) is 10. The first kappa shape index (κ1) is 44.3. The van der Waals surface area contributed by atoms with Crippen molar-refractivity contribution < 1.29 is 64.6 Å². The largest absolute Gasteiger partial charge is 0.462 e. The monoisotopic (exact) mass is 768 g/mol. The highest BCUT2D eigenvalue weighted by atomic mass is 16.7. The van der Waals surface area contributed by atoms with Gasteiger partial charge in [0.15, 0.2) is 6.29 Å². The van der Waals surface area contributed by atoms with E-state index in [1.807, 2.05) is 13.1 Å². The molecular weight excluding hydrogens is 704 g/mol. The molecule has 2 aromatic rings. The van der Waals surface area contributed by atoms with Gasteiger partial charge in [0, 0.05) is 30.1 Å². The molecule has 11 atom stereocenters. The van der Waals surface area contributed by atoms with Gasteiger partial charge in [-0.2, -0.15) is 0 Å². The number of unbranched alkanes of at least 4 members (excludes halogenated alkanes) is 11. The van der Waals surface area contributed by atoms with Gasteiger partial charge in [0.1, 0.15) is 54.6 Å². The molecule has 15 heteroatoms. The molecule has 1 aromatic heterocycles. The summed E-state index contributed by atoms with van der Waals surface area (Å²) in [6.07, 6.45) is 2.72. The zero-order chi connectivity index (χ0) is 39.0. The highest BCUT2D eigenvalue weighted by molar-refractivity contribution is 5.84. The number of aliphatic hydroxyl groups is 8. The molecule has 0 spiro atoms. The minimum Gasteiger partial charge on any atom is -0.462 e. The number of carbonyl (C=O) groups excluding carboxylic acids is 1. The summed E-state index contributed by atoms with van der Waals surface area (Å²) < 4.78 is 22.5. The van der Waals surface area contributed by atoms with Crippen LogP contribution < -0.4 is 10.1 Å². The van der Waals surface area contributed by atoms with Crippen molar-refractivity contribution in [1.29, 1.82) is 0 Å². The van der Waals surface area contributed by atoms with Gasteiger partial charge in [0.2, 0.25) is 12.2 Å². The van der Waals surface area contributed by atoms with Crippen LogP contribution in [0.4, 0.5) is 0 Å². The summed E-state index contributed by atoms with van der Waals surface area (Å²) in [5, 5.41) is 84.6. The lowest BCUT2D eigenvalue weighted by Gasteiger charge is -2.42. The summed E-state index contributed by atoms with van der Waals surface area (Å²) in [5.41, 5.74) is 1.78. The molecule has 0 saturated carbocycles. The van der Waals surface area contributed by atoms with Crippen molar-refractivity contribution >= 4 is 16.8 Å². The Kier molecular flexibility index (Phi) is 18.8. The molecule has 0 bridgehead atoms. The third-order valence-corrected chi connectivity index (χ3v) is 10.4. The van der Waals surface area contributed by atoms with Crippen molar-refractivity contribution in [3.05, 3.63) is 30.0 Å². The lowest BCUT2D eigenvalue weighted by molar-refractivity contribution is -0.323. The maximum atomic E-state index is 12.5. The standard InChI is InChI=1S/C39H64N2O13/c1-24(43)14-12-10-8-6-4-2-3-5-7-9-11-13-15-31(44)40-19-18-25-21-41-28-17-16-26(20-27(25)28)52-39-37(50)35(48)33(46)30(54-39)23-51-38-36(49)34(47)32(45)29(22-42)53-38/h16-17,20-21,24,29-30,32-39,41-43,45-50H,2-15,18-19,22-23H2,1H3,(H,40,44)/t24?,29-,30-,32-,33-,34+,35+,36-,37-,38-,39-/m1/s1. The van der Waals surface area contributed by atoms with Crippen LogP contribution >= 0.6 is 0 Å². The number of ether oxygens (including phenoxy) is 4. The number of fused-ring (bicyclic) bond motifs is 1. The lowest BCUT2D eigenvalue weighted by Crippen LogP contribution is -2.62. The van der Waals surface area contributed by atoms with E-state index >= 15 is 0 Å². The molecule has 308 valence electrons. The zero-order valence-electron chi connectivity index (χ0n) is 31.5. The first-order chi connectivity index (χ1) is 26.0. The highest BCUT2D eigenvalue weighted by Gasteiger charge is 2.48. The van der Waals surface area contributed by atoms with Crippen LogP contribution in [0.5, 0.6) is 5.75 Å². The quantitative estimate of drug-likeness (QED) is 0.0685. The molecule has 54 heavy (non-hydrogen) atoms. The van der Waals surface area contributed by atoms with E-state index < -0.39 is 74.6 Å². The van der Waals surface area contributed by atoms with Crippen LogP contribution in [0.3, 0.4) is 0 Å². The van der Waals surface area contributed by atoms with Crippen molar-refractivity contribution in [1.82, 2.24) is 10.3 Å². The molecule has 2 fully saturated rings. The first-order valence-corrected chi connectivity index (χ1v) is 19.8. The predicted octanol–water partition coefficient (Wildman–Crippen LogP) is 1.67. The van der Waals surface area contributed by atoms with Crippen LogP contribution in [0.25, 0.3) is 10.9 Å². The first-order valence-electron chi connectivity index (χ1n) is 19.8. The Bertz CT molecular complexity index is 1360. The Morgan fingerprint density at radius 3 is 1.98 bits per heavy atom. The van der Waals surface area contributed by atoms with Crippen LogP contribution in [0, 0.1) is 0 Å². The second-order valence-electron chi connectivity index (χ2n) is 14.9. The van der Waals surface area contributed by atoms with Gasteiger partial charge in [-0.05, 0) is 49.9 Å². The molecule has 10 N–H and O–H groups in total. The van der Waals surface area contributed by atoms with E-state index in [1.165, 1.54) is 51.4 Å². The molecule has 0 aliphatic carbocycles. The van der Waals surface area contributed by atoms with Crippen molar-refractivity contribution in [2.24, 2.45) is 0 Å². The minimum absolute atomic E-state index is 0.0292. The minimum atomic E-state index is -1.68. The number of amides is 1. The Hall–Kier alpha value is -2.41. The molecular formula is C39H64N2O13. The fourth-order valence-corrected chi connectivity index (χ4v) is 7.04. The molecule has 1 unspecified atom stereocenters. The smallest absolute Gasteiger partial charge is 0.229 e. The van der Waals surface area contributed by atoms with Crippen LogP contribution in [-0.2, 0) is 25.4 Å². The summed E-state index contributed by atoms with van der Waals surface area (Å²) >= 11 is 0. The fourth-order valence-electron chi connectivity index (χ4n) is 7.04. The maximum absolute atomic E-state index is 12.5. The molecule has 2 saturated heterocycles. The Labute approximate surface area is 317 Å². The van der Waals surface area contributed by atoms with Gasteiger partial charge >= 0.3 is 0 Å². The fraction of sp³-hybridized carbons (Fsp3) is 0.769. The molecule has 3 heterocycles. The summed E-state index contributed by atoms with van der Waals surface area (Å²) in [6.45, 7) is 1.20. The number of benzene rings is 1. The van der Waals surface area contributed by atoms with E-state index in [9.17, 15) is 45.6 Å². The number of aromatic amines is 1. The van der Waals surface area contributed by atoms with Gasteiger partial charge in [-0.1, -0.05) is 70.6 Å². The third-order valence-electron chi connectivity index (χ3n) is 10.4. The van der Waals surface area contributed by atoms with E-state index in [0.29, 0.717) is 25.1 Å². The predicted molar refractivity (Wildman–Crippen MR) is 198 cm³/mol. The van der Waals surface area contributed by atoms with E-state index in [-0.39, 0.29) is 12.0 Å². The number of carbonyl (C=O) groups is 1. The Balaban J connectivity index is 1.14. The number of aromatic nitrogens is 1. The molecule has 0 radical (unpaired) electrons. The van der Waals surface area contributed by atoms with Crippen molar-refractivity contribution in [2.75, 3.05) is 19.8 Å². The number of nitrogens with one attached hydrogen (secondary N) is 2. The number of hydrogen-bond acceptors (Lipinski definition) is 13. The van der Waals surface area contributed by atoms with Gasteiger partial charge in [-0.25, -0.2) is 0 Å². The Morgan fingerprint density at radius 1 is 0.778 bits per heavy atom. The van der Waals surface area contributed by atoms with Crippen LogP contribution in [0.2, 0.25) is 0 Å². The van der Waals surface area contributed by atoms with Gasteiger partial charge < -0.3 is 70.1 Å². The van der Waals surface area contributed by atoms with Gasteiger partial charge in [-0.15, -0.1) is 0 Å². The number of rotatable bonds is 24. The highest BCUT2D eigenvalue weighted by Crippen LogP contribution is 2.30. The lowest BCUT2D eigenvalue weighted by atomic mass is 9.98. The zero-order valence-corrected chi connectivity index (χ0v) is 31.5. The van der Waals surface area contributed by atoms with Gasteiger partial charge in [-0.3, -0.25) is 4.79 Å². The van der Waals surface area contributed by atoms with E-state index in [2.05, 4.69) is 10.3 Å². The topological polar surface area (TPSA) is 244 Å². The molecule has 1 amide bonds. The molecule has 1 aromatic carbocycles. The third kappa shape index (κ3) is 13.4. The average Bonchev–Trinajstić information content (AvgIpc) is 3.56. The summed E-state index contributed by atoms with van der Waals surface area (Å²) in [4.78, 5) is 15.7. The Morgan fingerprint density at radius 2 is 1.35 bits per heavy atom. The average molecular weight is 769 g/mol.